The van der Waals surface area contributed by atoms with Gasteiger partial charge in [-0.25, -0.2) is 8.42 Å². The van der Waals surface area contributed by atoms with Gasteiger partial charge in [-0.15, -0.1) is 0 Å². The second-order valence-electron chi connectivity index (χ2n) is 7.86. The van der Waals surface area contributed by atoms with Crippen LogP contribution >= 0.6 is 0 Å². The molecule has 1 N–H and O–H groups in total. The summed E-state index contributed by atoms with van der Waals surface area (Å²) in [4.78, 5) is 19.8. The van der Waals surface area contributed by atoms with Crippen LogP contribution in [0, 0.1) is 13.8 Å². The van der Waals surface area contributed by atoms with Crippen LogP contribution in [0.15, 0.2) is 35.2 Å². The zero-order valence-corrected chi connectivity index (χ0v) is 19.6. The number of sulfonamides is 1. The molecule has 31 heavy (non-hydrogen) atoms. The van der Waals surface area contributed by atoms with Crippen LogP contribution in [0.4, 0.5) is 11.4 Å². The Bertz CT molecular complexity index is 1040. The maximum atomic E-state index is 13.1. The Hall–Kier alpha value is -2.45. The molecule has 0 aliphatic carbocycles. The Morgan fingerprint density at radius 3 is 2.35 bits per heavy atom. The zero-order valence-electron chi connectivity index (χ0n) is 18.8. The third kappa shape index (κ3) is 5.07. The molecule has 0 radical (unpaired) electrons. The highest BCUT2D eigenvalue weighted by Gasteiger charge is 2.25. The summed E-state index contributed by atoms with van der Waals surface area (Å²) in [6, 6.07) is 8.61. The fourth-order valence-electron chi connectivity index (χ4n) is 4.02. The summed E-state index contributed by atoms with van der Waals surface area (Å²) < 4.78 is 27.6. The van der Waals surface area contributed by atoms with Crippen LogP contribution in [0.3, 0.4) is 0 Å². The molecule has 0 bridgehead atoms. The number of amides is 1. The average Bonchev–Trinajstić information content (AvgIpc) is 2.75. The number of pyridine rings is 1. The van der Waals surface area contributed by atoms with Gasteiger partial charge in [-0.05, 0) is 63.4 Å². The minimum Gasteiger partial charge on any atom is -0.370 e. The first kappa shape index (κ1) is 23.2. The van der Waals surface area contributed by atoms with Crippen LogP contribution in [-0.2, 0) is 10.0 Å². The van der Waals surface area contributed by atoms with Crippen molar-refractivity contribution in [3.8, 4) is 0 Å². The lowest BCUT2D eigenvalue weighted by molar-refractivity contribution is 0.102. The number of piperidine rings is 1. The molecule has 0 spiro atoms. The van der Waals surface area contributed by atoms with E-state index in [1.165, 1.54) is 10.7 Å². The van der Waals surface area contributed by atoms with E-state index in [9.17, 15) is 13.2 Å². The van der Waals surface area contributed by atoms with Gasteiger partial charge in [0.05, 0.1) is 27.5 Å². The van der Waals surface area contributed by atoms with E-state index in [1.807, 2.05) is 26.8 Å². The molecule has 2 aromatic rings. The standard InChI is InChI=1S/C23H32N4O3S/c1-5-27(6-2)31(29,30)19-11-13-22(26-14-8-7-9-15-26)21(16-19)25-23(28)20-12-10-17(3)24-18(20)4/h10-13,16H,5-9,14-15H2,1-4H3,(H,25,28). The largest absolute Gasteiger partial charge is 0.370 e. The van der Waals surface area contributed by atoms with Crippen LogP contribution in [-0.4, -0.2) is 49.8 Å². The van der Waals surface area contributed by atoms with Crippen molar-refractivity contribution in [2.75, 3.05) is 36.4 Å². The van der Waals surface area contributed by atoms with Crippen molar-refractivity contribution in [2.24, 2.45) is 0 Å². The number of nitrogens with zero attached hydrogens (tertiary/aromatic N) is 3. The van der Waals surface area contributed by atoms with Gasteiger partial charge in [-0.1, -0.05) is 13.8 Å². The Kier molecular flexibility index (Phi) is 7.33. The highest BCUT2D eigenvalue weighted by atomic mass is 32.2. The molecule has 1 aliphatic heterocycles. The molecular formula is C23H32N4O3S. The van der Waals surface area contributed by atoms with Crippen LogP contribution in [0.1, 0.15) is 54.9 Å². The number of carbonyl (C=O) groups is 1. The lowest BCUT2D eigenvalue weighted by atomic mass is 10.1. The molecule has 168 valence electrons. The molecule has 7 nitrogen and oxygen atoms in total. The number of rotatable bonds is 7. The Balaban J connectivity index is 2.02. The van der Waals surface area contributed by atoms with Crippen molar-refractivity contribution in [3.63, 3.8) is 0 Å². The summed E-state index contributed by atoms with van der Waals surface area (Å²) in [5.74, 6) is -0.291. The molecule has 1 amide bonds. The molecule has 1 aliphatic rings. The molecule has 0 saturated carbocycles. The first-order valence-corrected chi connectivity index (χ1v) is 12.4. The quantitative estimate of drug-likeness (QED) is 0.699. The van der Waals surface area contributed by atoms with Crippen molar-refractivity contribution in [2.45, 2.75) is 51.9 Å². The van der Waals surface area contributed by atoms with E-state index in [-0.39, 0.29) is 10.8 Å². The predicted molar refractivity (Wildman–Crippen MR) is 124 cm³/mol. The van der Waals surface area contributed by atoms with Crippen LogP contribution in [0.2, 0.25) is 0 Å². The van der Waals surface area contributed by atoms with E-state index in [2.05, 4.69) is 15.2 Å². The minimum atomic E-state index is -3.63. The second kappa shape index (κ2) is 9.78. The molecule has 1 aromatic carbocycles. The zero-order chi connectivity index (χ0) is 22.6. The van der Waals surface area contributed by atoms with E-state index in [1.54, 1.807) is 31.2 Å². The molecule has 8 heteroatoms. The Morgan fingerprint density at radius 1 is 1.06 bits per heavy atom. The fraction of sp³-hybridized carbons (Fsp3) is 0.478. The Morgan fingerprint density at radius 2 is 1.74 bits per heavy atom. The first-order chi connectivity index (χ1) is 14.8. The van der Waals surface area contributed by atoms with Crippen LogP contribution < -0.4 is 10.2 Å². The molecule has 0 atom stereocenters. The number of aromatic nitrogens is 1. The maximum Gasteiger partial charge on any atom is 0.257 e. The van der Waals surface area contributed by atoms with Crippen molar-refractivity contribution in [1.82, 2.24) is 9.29 Å². The summed E-state index contributed by atoms with van der Waals surface area (Å²) >= 11 is 0. The summed E-state index contributed by atoms with van der Waals surface area (Å²) in [7, 11) is -3.63. The molecule has 3 rings (SSSR count). The smallest absolute Gasteiger partial charge is 0.257 e. The van der Waals surface area contributed by atoms with Gasteiger partial charge in [-0.3, -0.25) is 9.78 Å². The van der Waals surface area contributed by atoms with E-state index in [0.29, 0.717) is 30.0 Å². The third-order valence-corrected chi connectivity index (χ3v) is 7.77. The van der Waals surface area contributed by atoms with E-state index < -0.39 is 10.0 Å². The molecule has 2 heterocycles. The van der Waals surface area contributed by atoms with Crippen LogP contribution in [0.5, 0.6) is 0 Å². The van der Waals surface area contributed by atoms with Gasteiger partial charge in [0, 0.05) is 31.9 Å². The number of carbonyl (C=O) groups excluding carboxylic acids is 1. The number of hydrogen-bond donors (Lipinski definition) is 1. The van der Waals surface area contributed by atoms with Gasteiger partial charge in [0.1, 0.15) is 0 Å². The predicted octanol–water partition coefficient (Wildman–Crippen LogP) is 3.97. The van der Waals surface area contributed by atoms with Gasteiger partial charge in [0.15, 0.2) is 0 Å². The van der Waals surface area contributed by atoms with Crippen molar-refractivity contribution in [1.29, 1.82) is 0 Å². The molecule has 0 unspecified atom stereocenters. The minimum absolute atomic E-state index is 0.186. The molecule has 1 saturated heterocycles. The third-order valence-electron chi connectivity index (χ3n) is 5.73. The van der Waals surface area contributed by atoms with Gasteiger partial charge in [0.2, 0.25) is 10.0 Å². The summed E-state index contributed by atoms with van der Waals surface area (Å²) in [5, 5.41) is 2.97. The van der Waals surface area contributed by atoms with E-state index in [4.69, 9.17) is 0 Å². The monoisotopic (exact) mass is 444 g/mol. The van der Waals surface area contributed by atoms with Crippen molar-refractivity contribution in [3.05, 3.63) is 47.3 Å². The van der Waals surface area contributed by atoms with Gasteiger partial charge in [-0.2, -0.15) is 4.31 Å². The number of anilines is 2. The van der Waals surface area contributed by atoms with Gasteiger partial charge >= 0.3 is 0 Å². The first-order valence-electron chi connectivity index (χ1n) is 10.9. The lowest BCUT2D eigenvalue weighted by Gasteiger charge is -2.31. The number of hydrogen-bond acceptors (Lipinski definition) is 5. The SMILES string of the molecule is CCN(CC)S(=O)(=O)c1ccc(N2CCCCC2)c(NC(=O)c2ccc(C)nc2C)c1. The number of aryl methyl sites for hydroxylation is 2. The van der Waals surface area contributed by atoms with Gasteiger partial charge < -0.3 is 10.2 Å². The Labute approximate surface area is 185 Å². The highest BCUT2D eigenvalue weighted by molar-refractivity contribution is 7.89. The molecule has 1 aromatic heterocycles. The normalized spacial score (nSPS) is 14.7. The topological polar surface area (TPSA) is 82.6 Å². The number of benzene rings is 1. The average molecular weight is 445 g/mol. The van der Waals surface area contributed by atoms with Crippen molar-refractivity contribution >= 4 is 27.3 Å². The van der Waals surface area contributed by atoms with E-state index in [0.717, 1.165) is 37.3 Å². The molecule has 1 fully saturated rings. The second-order valence-corrected chi connectivity index (χ2v) is 9.79. The molecular weight excluding hydrogens is 412 g/mol. The fourth-order valence-corrected chi connectivity index (χ4v) is 5.50. The van der Waals surface area contributed by atoms with Crippen LogP contribution in [0.25, 0.3) is 0 Å². The number of nitrogens with one attached hydrogen (secondary N) is 1. The highest BCUT2D eigenvalue weighted by Crippen LogP contribution is 2.32. The van der Waals surface area contributed by atoms with Crippen molar-refractivity contribution < 1.29 is 13.2 Å². The summed E-state index contributed by atoms with van der Waals surface area (Å²) in [5.41, 5.74) is 3.33. The van der Waals surface area contributed by atoms with E-state index >= 15 is 0 Å². The lowest BCUT2D eigenvalue weighted by Crippen LogP contribution is -2.32. The summed E-state index contributed by atoms with van der Waals surface area (Å²) in [6.45, 7) is 9.87. The summed E-state index contributed by atoms with van der Waals surface area (Å²) in [6.07, 6.45) is 3.34. The maximum absolute atomic E-state index is 13.1. The van der Waals surface area contributed by atoms with Gasteiger partial charge in [0.25, 0.3) is 5.91 Å².